The molecule has 37 heavy (non-hydrogen) atoms. The second-order valence-electron chi connectivity index (χ2n) is 14.6. The number of fused-ring (bicyclic) bond motifs is 7. The molecule has 0 bridgehead atoms. The summed E-state index contributed by atoms with van der Waals surface area (Å²) in [6, 6.07) is 0. The Morgan fingerprint density at radius 1 is 1.08 bits per heavy atom. The van der Waals surface area contributed by atoms with Crippen molar-refractivity contribution < 1.29 is 19.0 Å². The summed E-state index contributed by atoms with van der Waals surface area (Å²) in [6.45, 7) is 13.0. The smallest absolute Gasteiger partial charge is 0.306 e. The second kappa shape index (κ2) is 9.65. The molecule has 208 valence electrons. The molecule has 0 aromatic rings. The summed E-state index contributed by atoms with van der Waals surface area (Å²) in [4.78, 5) is 12.4. The summed E-state index contributed by atoms with van der Waals surface area (Å²) < 4.78 is 19.4. The molecule has 0 amide bonds. The zero-order valence-corrected chi connectivity index (χ0v) is 24.2. The van der Waals surface area contributed by atoms with Gasteiger partial charge in [-0.15, -0.1) is 0 Å². The van der Waals surface area contributed by atoms with E-state index >= 15 is 0 Å². The minimum atomic E-state index is -0.315. The molecule has 0 aromatic carbocycles. The maximum absolute atomic E-state index is 12.4. The first-order chi connectivity index (χ1) is 17.7. The first kappa shape index (κ1) is 26.4. The Balaban J connectivity index is 1.15. The number of carbonyl (C=O) groups excluding carboxylic acids is 1. The third-order valence-corrected chi connectivity index (χ3v) is 12.6. The van der Waals surface area contributed by atoms with Crippen molar-refractivity contribution in [2.75, 3.05) is 6.61 Å². The summed E-state index contributed by atoms with van der Waals surface area (Å²) in [6.07, 6.45) is 17.4. The summed E-state index contributed by atoms with van der Waals surface area (Å²) in [5.74, 6) is 3.77. The molecule has 0 aromatic heterocycles. The molecular weight excluding hydrogens is 460 g/mol. The van der Waals surface area contributed by atoms with Gasteiger partial charge < -0.3 is 14.2 Å². The SMILES string of the molecule is CCCCCC(=O)O[C@H]1CC[C@@]2(C)C(=CCC3C2CC[C@@]2(C)C3C[C@@H]3O[C@]4(CCC(C)CO4)[C@@H](C)[C@@H]32)C1. The van der Waals surface area contributed by atoms with Crippen LogP contribution in [0, 0.1) is 46.3 Å². The molecule has 3 saturated carbocycles. The van der Waals surface area contributed by atoms with E-state index in [-0.39, 0.29) is 23.3 Å². The Labute approximate surface area is 225 Å². The normalized spacial score (nSPS) is 50.6. The maximum atomic E-state index is 12.4. The van der Waals surface area contributed by atoms with Crippen LogP contribution in [-0.4, -0.2) is 30.6 Å². The average Bonchev–Trinajstić information content (AvgIpc) is 3.31. The van der Waals surface area contributed by atoms with Gasteiger partial charge >= 0.3 is 5.97 Å². The van der Waals surface area contributed by atoms with Crippen LogP contribution in [0.1, 0.15) is 118 Å². The van der Waals surface area contributed by atoms with Gasteiger partial charge in [0.1, 0.15) is 6.10 Å². The number of carbonyl (C=O) groups is 1. The van der Waals surface area contributed by atoms with E-state index in [1.807, 2.05) is 0 Å². The van der Waals surface area contributed by atoms with Crippen molar-refractivity contribution in [3.8, 4) is 0 Å². The van der Waals surface area contributed by atoms with E-state index in [0.29, 0.717) is 35.7 Å². The average molecular weight is 513 g/mol. The highest BCUT2D eigenvalue weighted by atomic mass is 16.7. The minimum absolute atomic E-state index is 0.0190. The number of hydrogen-bond acceptors (Lipinski definition) is 4. The highest BCUT2D eigenvalue weighted by Crippen LogP contribution is 2.70. The van der Waals surface area contributed by atoms with Gasteiger partial charge in [-0.3, -0.25) is 4.79 Å². The van der Waals surface area contributed by atoms with Crippen LogP contribution in [-0.2, 0) is 19.0 Å². The molecule has 0 radical (unpaired) electrons. The highest BCUT2D eigenvalue weighted by Gasteiger charge is 2.68. The molecule has 1 spiro atoms. The predicted molar refractivity (Wildman–Crippen MR) is 146 cm³/mol. The van der Waals surface area contributed by atoms with E-state index in [9.17, 15) is 4.79 Å². The third kappa shape index (κ3) is 4.17. The molecule has 0 N–H and O–H groups in total. The molecule has 6 rings (SSSR count). The lowest BCUT2D eigenvalue weighted by Gasteiger charge is -2.58. The third-order valence-electron chi connectivity index (χ3n) is 12.6. The molecule has 2 heterocycles. The van der Waals surface area contributed by atoms with Gasteiger partial charge in [-0.25, -0.2) is 0 Å². The highest BCUT2D eigenvalue weighted by molar-refractivity contribution is 5.69. The molecule has 4 unspecified atom stereocenters. The van der Waals surface area contributed by atoms with Gasteiger partial charge in [-0.2, -0.15) is 0 Å². The molecule has 4 nitrogen and oxygen atoms in total. The van der Waals surface area contributed by atoms with E-state index in [4.69, 9.17) is 14.2 Å². The standard InChI is InChI=1S/C33H52O4/c1-6-7-8-9-29(34)36-24-13-15-31(4)23(18-24)10-11-25-26(31)14-16-32(5)27(25)19-28-30(32)22(3)33(37-28)17-12-21(2)20-35-33/h10,21-22,24-28,30H,6-9,11-20H2,1-5H3/t21?,22-,24-,25?,26?,27?,28-,30-,31-,32-,33+/m0/s1. The van der Waals surface area contributed by atoms with Crippen LogP contribution in [0.3, 0.4) is 0 Å². The number of rotatable bonds is 5. The van der Waals surface area contributed by atoms with Crippen LogP contribution in [0.25, 0.3) is 0 Å². The summed E-state index contributed by atoms with van der Waals surface area (Å²) in [5, 5.41) is 0. The van der Waals surface area contributed by atoms with E-state index in [2.05, 4.69) is 40.7 Å². The Kier molecular flexibility index (Phi) is 6.87. The van der Waals surface area contributed by atoms with E-state index in [1.54, 1.807) is 5.57 Å². The minimum Gasteiger partial charge on any atom is -0.462 e. The molecule has 4 heteroatoms. The van der Waals surface area contributed by atoms with Crippen LogP contribution in [0.15, 0.2) is 11.6 Å². The zero-order valence-electron chi connectivity index (χ0n) is 24.2. The van der Waals surface area contributed by atoms with E-state index in [1.165, 1.54) is 38.5 Å². The Bertz CT molecular complexity index is 902. The molecule has 2 aliphatic heterocycles. The fourth-order valence-corrected chi connectivity index (χ4v) is 10.5. The van der Waals surface area contributed by atoms with Gasteiger partial charge in [0, 0.05) is 25.2 Å². The lowest BCUT2D eigenvalue weighted by molar-refractivity contribution is -0.272. The largest absolute Gasteiger partial charge is 0.462 e. The first-order valence-corrected chi connectivity index (χ1v) is 15.9. The number of esters is 1. The number of unbranched alkanes of at least 4 members (excludes halogenated alkanes) is 2. The molecule has 5 fully saturated rings. The lowest BCUT2D eigenvalue weighted by atomic mass is 9.47. The van der Waals surface area contributed by atoms with Gasteiger partial charge in [-0.05, 0) is 91.8 Å². The van der Waals surface area contributed by atoms with Crippen LogP contribution < -0.4 is 0 Å². The second-order valence-corrected chi connectivity index (χ2v) is 14.6. The topological polar surface area (TPSA) is 44.8 Å². The van der Waals surface area contributed by atoms with Crippen LogP contribution in [0.5, 0.6) is 0 Å². The molecule has 2 saturated heterocycles. The van der Waals surface area contributed by atoms with Crippen molar-refractivity contribution in [1.29, 1.82) is 0 Å². The molecular formula is C33H52O4. The van der Waals surface area contributed by atoms with E-state index < -0.39 is 0 Å². The fourth-order valence-electron chi connectivity index (χ4n) is 10.5. The monoisotopic (exact) mass is 512 g/mol. The Hall–Kier alpha value is -0.870. The number of hydrogen-bond donors (Lipinski definition) is 0. The van der Waals surface area contributed by atoms with E-state index in [0.717, 1.165) is 62.9 Å². The van der Waals surface area contributed by atoms with Crippen LogP contribution >= 0.6 is 0 Å². The van der Waals surface area contributed by atoms with Crippen molar-refractivity contribution in [3.05, 3.63) is 11.6 Å². The van der Waals surface area contributed by atoms with Crippen molar-refractivity contribution in [3.63, 3.8) is 0 Å². The van der Waals surface area contributed by atoms with Gasteiger partial charge in [0.25, 0.3) is 0 Å². The molecule has 6 aliphatic rings. The Morgan fingerprint density at radius 3 is 2.68 bits per heavy atom. The lowest BCUT2D eigenvalue weighted by Crippen LogP contribution is -2.52. The van der Waals surface area contributed by atoms with Crippen molar-refractivity contribution in [2.45, 2.75) is 136 Å². The number of ether oxygens (including phenoxy) is 3. The van der Waals surface area contributed by atoms with Crippen molar-refractivity contribution in [2.24, 2.45) is 46.3 Å². The van der Waals surface area contributed by atoms with Crippen LogP contribution in [0.2, 0.25) is 0 Å². The van der Waals surface area contributed by atoms with Crippen LogP contribution in [0.4, 0.5) is 0 Å². The summed E-state index contributed by atoms with van der Waals surface area (Å²) in [7, 11) is 0. The molecule has 4 aliphatic carbocycles. The van der Waals surface area contributed by atoms with Crippen molar-refractivity contribution in [1.82, 2.24) is 0 Å². The first-order valence-electron chi connectivity index (χ1n) is 15.9. The van der Waals surface area contributed by atoms with Gasteiger partial charge in [-0.1, -0.05) is 59.1 Å². The van der Waals surface area contributed by atoms with Gasteiger partial charge in [0.05, 0.1) is 12.7 Å². The molecule has 11 atom stereocenters. The summed E-state index contributed by atoms with van der Waals surface area (Å²) in [5.41, 5.74) is 2.25. The zero-order chi connectivity index (χ0) is 26.0. The van der Waals surface area contributed by atoms with Crippen molar-refractivity contribution >= 4 is 5.97 Å². The van der Waals surface area contributed by atoms with Gasteiger partial charge in [0.15, 0.2) is 5.79 Å². The predicted octanol–water partition coefficient (Wildman–Crippen LogP) is 7.85. The maximum Gasteiger partial charge on any atom is 0.306 e. The Morgan fingerprint density at radius 2 is 1.92 bits per heavy atom. The van der Waals surface area contributed by atoms with Gasteiger partial charge in [0.2, 0.25) is 0 Å². The fraction of sp³-hybridized carbons (Fsp3) is 0.909. The number of allylic oxidation sites excluding steroid dienone is 1. The quantitative estimate of drug-likeness (QED) is 0.214. The summed E-state index contributed by atoms with van der Waals surface area (Å²) >= 11 is 0.